The molecule has 1 aliphatic heterocycles. The Hall–Kier alpha value is -2.58. The van der Waals surface area contributed by atoms with Gasteiger partial charge in [-0.1, -0.05) is 30.3 Å². The third kappa shape index (κ3) is 5.27. The van der Waals surface area contributed by atoms with Crippen molar-refractivity contribution in [2.24, 2.45) is 5.92 Å². The Kier molecular flexibility index (Phi) is 7.11. The van der Waals surface area contributed by atoms with Crippen LogP contribution in [0.25, 0.3) is 0 Å². The molecular formula is C21H26N2O5S. The molecule has 1 aliphatic rings. The van der Waals surface area contributed by atoms with E-state index < -0.39 is 10.0 Å². The second kappa shape index (κ2) is 9.76. The van der Waals surface area contributed by atoms with Gasteiger partial charge < -0.3 is 14.8 Å². The van der Waals surface area contributed by atoms with Crippen molar-refractivity contribution in [3.05, 3.63) is 54.6 Å². The van der Waals surface area contributed by atoms with Crippen molar-refractivity contribution in [2.45, 2.75) is 17.7 Å². The van der Waals surface area contributed by atoms with Crippen LogP contribution in [0.3, 0.4) is 0 Å². The van der Waals surface area contributed by atoms with Gasteiger partial charge in [-0.3, -0.25) is 4.79 Å². The monoisotopic (exact) mass is 418 g/mol. The Morgan fingerprint density at radius 3 is 2.52 bits per heavy atom. The van der Waals surface area contributed by atoms with E-state index in [4.69, 9.17) is 9.47 Å². The molecule has 0 aliphatic carbocycles. The summed E-state index contributed by atoms with van der Waals surface area (Å²) in [5.41, 5.74) is 0. The van der Waals surface area contributed by atoms with Crippen molar-refractivity contribution in [2.75, 3.05) is 33.4 Å². The molecular weight excluding hydrogens is 392 g/mol. The van der Waals surface area contributed by atoms with Crippen LogP contribution >= 0.6 is 0 Å². The number of methoxy groups -OCH3 is 1. The summed E-state index contributed by atoms with van der Waals surface area (Å²) in [7, 11) is -2.01. The average molecular weight is 419 g/mol. The van der Waals surface area contributed by atoms with Crippen molar-refractivity contribution in [1.29, 1.82) is 0 Å². The Morgan fingerprint density at radius 2 is 1.79 bits per heavy atom. The summed E-state index contributed by atoms with van der Waals surface area (Å²) < 4.78 is 37.9. The van der Waals surface area contributed by atoms with Gasteiger partial charge in [0.15, 0.2) is 11.5 Å². The van der Waals surface area contributed by atoms with Crippen molar-refractivity contribution >= 4 is 15.9 Å². The first-order valence-electron chi connectivity index (χ1n) is 9.61. The van der Waals surface area contributed by atoms with Gasteiger partial charge in [-0.15, -0.1) is 0 Å². The molecule has 1 atom stereocenters. The van der Waals surface area contributed by atoms with Gasteiger partial charge in [0.25, 0.3) is 0 Å². The van der Waals surface area contributed by atoms with Crippen molar-refractivity contribution in [3.63, 3.8) is 0 Å². The first-order valence-corrected chi connectivity index (χ1v) is 11.0. The molecule has 29 heavy (non-hydrogen) atoms. The number of rotatable bonds is 8. The molecule has 8 heteroatoms. The molecule has 2 aromatic rings. The number of hydrogen-bond acceptors (Lipinski definition) is 5. The lowest BCUT2D eigenvalue weighted by atomic mass is 9.99. The lowest BCUT2D eigenvalue weighted by Gasteiger charge is -2.31. The number of carbonyl (C=O) groups is 1. The molecule has 1 saturated heterocycles. The summed E-state index contributed by atoms with van der Waals surface area (Å²) in [4.78, 5) is 12.8. The van der Waals surface area contributed by atoms with E-state index in [1.165, 1.54) is 4.31 Å². The van der Waals surface area contributed by atoms with E-state index in [1.807, 2.05) is 12.1 Å². The lowest BCUT2D eigenvalue weighted by Crippen LogP contribution is -2.45. The average Bonchev–Trinajstić information content (AvgIpc) is 2.77. The Labute approximate surface area is 171 Å². The van der Waals surface area contributed by atoms with Crippen LogP contribution in [-0.2, 0) is 14.8 Å². The minimum atomic E-state index is -3.58. The van der Waals surface area contributed by atoms with Crippen LogP contribution in [0.5, 0.6) is 11.5 Å². The third-order valence-electron chi connectivity index (χ3n) is 4.86. The molecule has 1 fully saturated rings. The fourth-order valence-corrected chi connectivity index (χ4v) is 4.88. The highest BCUT2D eigenvalue weighted by atomic mass is 32.2. The molecule has 156 valence electrons. The Balaban J connectivity index is 1.51. The van der Waals surface area contributed by atoms with Gasteiger partial charge in [0.2, 0.25) is 15.9 Å². The molecule has 1 heterocycles. The van der Waals surface area contributed by atoms with Gasteiger partial charge in [0.1, 0.15) is 6.61 Å². The molecule has 1 N–H and O–H groups in total. The second-order valence-corrected chi connectivity index (χ2v) is 8.74. The standard InChI is InChI=1S/C21H26N2O5S/c1-27-19-11-5-6-12-20(19)28-15-13-22-21(24)17-8-7-14-23(16-17)29(25,26)18-9-3-2-4-10-18/h2-6,9-12,17H,7-8,13-16H2,1H3,(H,22,24). The Morgan fingerprint density at radius 1 is 1.10 bits per heavy atom. The van der Waals surface area contributed by atoms with Gasteiger partial charge in [-0.25, -0.2) is 8.42 Å². The van der Waals surface area contributed by atoms with E-state index in [9.17, 15) is 13.2 Å². The van der Waals surface area contributed by atoms with Crippen molar-refractivity contribution in [3.8, 4) is 11.5 Å². The third-order valence-corrected chi connectivity index (χ3v) is 6.74. The zero-order valence-corrected chi connectivity index (χ0v) is 17.2. The number of ether oxygens (including phenoxy) is 2. The zero-order valence-electron chi connectivity index (χ0n) is 16.4. The van der Waals surface area contributed by atoms with Gasteiger partial charge in [0.05, 0.1) is 24.5 Å². The Bertz CT molecular complexity index is 918. The topological polar surface area (TPSA) is 84.9 Å². The van der Waals surface area contributed by atoms with Crippen LogP contribution in [0.1, 0.15) is 12.8 Å². The molecule has 3 rings (SSSR count). The van der Waals surface area contributed by atoms with Crippen LogP contribution < -0.4 is 14.8 Å². The van der Waals surface area contributed by atoms with E-state index in [1.54, 1.807) is 49.6 Å². The van der Waals surface area contributed by atoms with E-state index in [-0.39, 0.29) is 23.3 Å². The molecule has 0 saturated carbocycles. The van der Waals surface area contributed by atoms with Gasteiger partial charge >= 0.3 is 0 Å². The highest BCUT2D eigenvalue weighted by Crippen LogP contribution is 2.26. The van der Waals surface area contributed by atoms with E-state index in [2.05, 4.69) is 5.32 Å². The van der Waals surface area contributed by atoms with Crippen LogP contribution in [0.2, 0.25) is 0 Å². The van der Waals surface area contributed by atoms with Gasteiger partial charge in [0, 0.05) is 13.1 Å². The maximum Gasteiger partial charge on any atom is 0.243 e. The number of benzene rings is 2. The summed E-state index contributed by atoms with van der Waals surface area (Å²) >= 11 is 0. The first-order chi connectivity index (χ1) is 14.0. The lowest BCUT2D eigenvalue weighted by molar-refractivity contribution is -0.126. The molecule has 0 bridgehead atoms. The van der Waals surface area contributed by atoms with E-state index in [0.717, 1.165) is 0 Å². The summed E-state index contributed by atoms with van der Waals surface area (Å²) in [6.07, 6.45) is 1.32. The molecule has 7 nitrogen and oxygen atoms in total. The SMILES string of the molecule is COc1ccccc1OCCNC(=O)C1CCCN(S(=O)(=O)c2ccccc2)C1. The highest BCUT2D eigenvalue weighted by Gasteiger charge is 2.33. The first kappa shape index (κ1) is 21.1. The smallest absolute Gasteiger partial charge is 0.243 e. The number of sulfonamides is 1. The molecule has 1 amide bonds. The zero-order chi connectivity index (χ0) is 20.7. The van der Waals surface area contributed by atoms with Crippen molar-refractivity contribution < 1.29 is 22.7 Å². The number of piperidine rings is 1. The summed E-state index contributed by atoms with van der Waals surface area (Å²) in [6.45, 7) is 1.25. The molecule has 0 radical (unpaired) electrons. The van der Waals surface area contributed by atoms with Crippen LogP contribution in [0, 0.1) is 5.92 Å². The van der Waals surface area contributed by atoms with Crippen LogP contribution in [0.15, 0.2) is 59.5 Å². The maximum atomic E-state index is 12.8. The largest absolute Gasteiger partial charge is 0.493 e. The number of carbonyl (C=O) groups excluding carboxylic acids is 1. The summed E-state index contributed by atoms with van der Waals surface area (Å²) in [5, 5.41) is 2.85. The minimum Gasteiger partial charge on any atom is -0.493 e. The molecule has 0 spiro atoms. The van der Waals surface area contributed by atoms with Gasteiger partial charge in [-0.05, 0) is 37.1 Å². The number of para-hydroxylation sites is 2. The predicted octanol–water partition coefficient (Wildman–Crippen LogP) is 2.29. The minimum absolute atomic E-state index is 0.151. The summed E-state index contributed by atoms with van der Waals surface area (Å²) in [6, 6.07) is 15.6. The maximum absolute atomic E-state index is 12.8. The van der Waals surface area contributed by atoms with E-state index >= 15 is 0 Å². The fourth-order valence-electron chi connectivity index (χ4n) is 3.33. The number of nitrogens with one attached hydrogen (secondary N) is 1. The number of amides is 1. The quantitative estimate of drug-likeness (QED) is 0.665. The molecule has 0 aromatic heterocycles. The fraction of sp³-hybridized carbons (Fsp3) is 0.381. The van der Waals surface area contributed by atoms with Crippen LogP contribution in [0.4, 0.5) is 0 Å². The van der Waals surface area contributed by atoms with Crippen LogP contribution in [-0.4, -0.2) is 52.0 Å². The molecule has 1 unspecified atom stereocenters. The second-order valence-electron chi connectivity index (χ2n) is 6.81. The normalized spacial score (nSPS) is 17.5. The number of nitrogens with zero attached hydrogens (tertiary/aromatic N) is 1. The number of hydrogen-bond donors (Lipinski definition) is 1. The van der Waals surface area contributed by atoms with E-state index in [0.29, 0.717) is 44.0 Å². The summed E-state index contributed by atoms with van der Waals surface area (Å²) in [5.74, 6) is 0.727. The van der Waals surface area contributed by atoms with Gasteiger partial charge in [-0.2, -0.15) is 4.31 Å². The highest BCUT2D eigenvalue weighted by molar-refractivity contribution is 7.89. The van der Waals surface area contributed by atoms with Crippen molar-refractivity contribution in [1.82, 2.24) is 9.62 Å². The predicted molar refractivity (Wildman–Crippen MR) is 109 cm³/mol. The molecule has 2 aromatic carbocycles.